The highest BCUT2D eigenvalue weighted by Crippen LogP contribution is 2.46. The van der Waals surface area contributed by atoms with Crippen LogP contribution in [0.15, 0.2) is 174 Å². The smallest absolute Gasteiger partial charge is 0.136 e. The van der Waals surface area contributed by atoms with Crippen molar-refractivity contribution in [2.75, 3.05) is 0 Å². The quantitative estimate of drug-likeness (QED) is 0.146. The van der Waals surface area contributed by atoms with Crippen LogP contribution in [-0.4, -0.2) is 0 Å². The van der Waals surface area contributed by atoms with E-state index in [0.717, 1.165) is 33.1 Å². The molecule has 1 heterocycles. The summed E-state index contributed by atoms with van der Waals surface area (Å²) in [6.45, 7) is 0. The maximum Gasteiger partial charge on any atom is 0.136 e. The molecule has 0 fully saturated rings. The lowest BCUT2D eigenvalue weighted by Crippen LogP contribution is -1.91. The van der Waals surface area contributed by atoms with E-state index < -0.39 is 0 Å². The highest BCUT2D eigenvalue weighted by molar-refractivity contribution is 6.25. The summed E-state index contributed by atoms with van der Waals surface area (Å²) in [5.41, 5.74) is 9.08. The molecule has 0 radical (unpaired) electrons. The van der Waals surface area contributed by atoms with Gasteiger partial charge >= 0.3 is 0 Å². The van der Waals surface area contributed by atoms with E-state index in [1.807, 2.05) is 0 Å². The van der Waals surface area contributed by atoms with Crippen LogP contribution in [0.3, 0.4) is 0 Å². The van der Waals surface area contributed by atoms with Crippen LogP contribution in [0.1, 0.15) is 0 Å². The normalized spacial score (nSPS) is 11.8. The summed E-state index contributed by atoms with van der Waals surface area (Å²) < 4.78 is 6.58. The molecule has 0 atom stereocenters. The molecule has 0 aliphatic carbocycles. The maximum absolute atomic E-state index is 6.58. The zero-order chi connectivity index (χ0) is 30.9. The average Bonchev–Trinajstić information content (AvgIpc) is 3.51. The zero-order valence-electron chi connectivity index (χ0n) is 25.6. The van der Waals surface area contributed by atoms with E-state index in [4.69, 9.17) is 4.42 Å². The van der Waals surface area contributed by atoms with E-state index in [1.54, 1.807) is 0 Å². The van der Waals surface area contributed by atoms with Crippen molar-refractivity contribution in [1.82, 2.24) is 0 Å². The summed E-state index contributed by atoms with van der Waals surface area (Å²) in [6, 6.07) is 61.5. The van der Waals surface area contributed by atoms with Gasteiger partial charge in [-0.15, -0.1) is 0 Å². The highest BCUT2D eigenvalue weighted by Gasteiger charge is 2.19. The largest absolute Gasteiger partial charge is 0.456 e. The van der Waals surface area contributed by atoms with Gasteiger partial charge in [-0.3, -0.25) is 0 Å². The molecule has 0 N–H and O–H groups in total. The van der Waals surface area contributed by atoms with E-state index in [-0.39, 0.29) is 0 Å². The van der Waals surface area contributed by atoms with E-state index in [1.165, 1.54) is 65.3 Å². The van der Waals surface area contributed by atoms with Gasteiger partial charge in [0, 0.05) is 10.8 Å². The summed E-state index contributed by atoms with van der Waals surface area (Å²) in [5.74, 6) is 0. The Kier molecular flexibility index (Phi) is 5.64. The molecular formula is C46H28O. The van der Waals surface area contributed by atoms with Crippen LogP contribution in [0.4, 0.5) is 0 Å². The standard InChI is InChI=1S/C46H28O/c1-2-11-29(12-3-1)31-22-25-36-37-26-23-32(28-44(37)47-43(36)27-31)45-39-15-6-8-17-41(39)46(42-18-9-7-16-40(42)45)38-20-10-19-34-33-14-5-4-13-30(33)21-24-35(34)38/h1-28H. The minimum Gasteiger partial charge on any atom is -0.456 e. The molecule has 0 aliphatic rings. The first-order valence-corrected chi connectivity index (χ1v) is 16.2. The first kappa shape index (κ1) is 26.1. The lowest BCUT2D eigenvalue weighted by molar-refractivity contribution is 0.669. The third kappa shape index (κ3) is 3.97. The van der Waals surface area contributed by atoms with Crippen LogP contribution in [0.2, 0.25) is 0 Å². The summed E-state index contributed by atoms with van der Waals surface area (Å²) >= 11 is 0. The molecule has 1 aromatic heterocycles. The second-order valence-electron chi connectivity index (χ2n) is 12.4. The minimum atomic E-state index is 0.904. The van der Waals surface area contributed by atoms with E-state index in [2.05, 4.69) is 170 Å². The van der Waals surface area contributed by atoms with Gasteiger partial charge in [-0.05, 0) is 101 Å². The van der Waals surface area contributed by atoms with Crippen molar-refractivity contribution >= 4 is 65.0 Å². The third-order valence-electron chi connectivity index (χ3n) is 9.86. The Morgan fingerprint density at radius 1 is 0.277 bits per heavy atom. The minimum absolute atomic E-state index is 0.904. The fourth-order valence-electron chi connectivity index (χ4n) is 7.73. The predicted molar refractivity (Wildman–Crippen MR) is 200 cm³/mol. The molecule has 0 saturated carbocycles. The average molecular weight is 597 g/mol. The molecule has 47 heavy (non-hydrogen) atoms. The van der Waals surface area contributed by atoms with E-state index >= 15 is 0 Å². The first-order valence-electron chi connectivity index (χ1n) is 16.2. The van der Waals surface area contributed by atoms with Crippen LogP contribution >= 0.6 is 0 Å². The van der Waals surface area contributed by atoms with Crippen LogP contribution in [0.5, 0.6) is 0 Å². The van der Waals surface area contributed by atoms with Crippen LogP contribution in [-0.2, 0) is 0 Å². The second kappa shape index (κ2) is 10.2. The Hall–Kier alpha value is -6.18. The fourth-order valence-corrected chi connectivity index (χ4v) is 7.73. The van der Waals surface area contributed by atoms with Crippen molar-refractivity contribution in [1.29, 1.82) is 0 Å². The Bertz CT molecular complexity index is 2780. The number of hydrogen-bond donors (Lipinski definition) is 0. The Labute approximate surface area is 271 Å². The number of fused-ring (bicyclic) bond motifs is 8. The van der Waals surface area contributed by atoms with Crippen molar-refractivity contribution in [3.63, 3.8) is 0 Å². The van der Waals surface area contributed by atoms with E-state index in [0.29, 0.717) is 0 Å². The second-order valence-corrected chi connectivity index (χ2v) is 12.4. The molecular weight excluding hydrogens is 569 g/mol. The molecule has 218 valence electrons. The van der Waals surface area contributed by atoms with Crippen LogP contribution in [0, 0.1) is 0 Å². The lowest BCUT2D eigenvalue weighted by atomic mass is 9.84. The molecule has 0 bridgehead atoms. The molecule has 0 saturated heterocycles. The molecule has 10 aromatic rings. The Balaban J connectivity index is 1.23. The molecule has 9 aromatic carbocycles. The number of rotatable bonds is 3. The van der Waals surface area contributed by atoms with Crippen molar-refractivity contribution in [2.24, 2.45) is 0 Å². The molecule has 0 amide bonds. The summed E-state index contributed by atoms with van der Waals surface area (Å²) in [6.07, 6.45) is 0. The molecule has 0 unspecified atom stereocenters. The fraction of sp³-hybridized carbons (Fsp3) is 0. The number of hydrogen-bond acceptors (Lipinski definition) is 1. The van der Waals surface area contributed by atoms with Gasteiger partial charge in [0.1, 0.15) is 11.2 Å². The molecule has 1 heteroatoms. The topological polar surface area (TPSA) is 13.1 Å². The Morgan fingerprint density at radius 3 is 1.51 bits per heavy atom. The van der Waals surface area contributed by atoms with Gasteiger partial charge in [-0.2, -0.15) is 0 Å². The van der Waals surface area contributed by atoms with Crippen LogP contribution in [0.25, 0.3) is 98.4 Å². The van der Waals surface area contributed by atoms with Gasteiger partial charge < -0.3 is 4.42 Å². The van der Waals surface area contributed by atoms with Gasteiger partial charge in [0.15, 0.2) is 0 Å². The zero-order valence-corrected chi connectivity index (χ0v) is 25.6. The first-order chi connectivity index (χ1) is 23.3. The monoisotopic (exact) mass is 596 g/mol. The molecule has 0 spiro atoms. The van der Waals surface area contributed by atoms with Crippen molar-refractivity contribution in [3.05, 3.63) is 170 Å². The predicted octanol–water partition coefficient (Wildman–Crippen LogP) is 13.2. The SMILES string of the molecule is c1ccc(-c2ccc3c(c2)oc2cc(-c4c5ccccc5c(-c5cccc6c5ccc5ccccc56)c5ccccc45)ccc23)cc1. The van der Waals surface area contributed by atoms with Gasteiger partial charge in [-0.1, -0.05) is 146 Å². The van der Waals surface area contributed by atoms with Gasteiger partial charge in [-0.25, -0.2) is 0 Å². The molecule has 1 nitrogen and oxygen atoms in total. The van der Waals surface area contributed by atoms with Crippen LogP contribution < -0.4 is 0 Å². The van der Waals surface area contributed by atoms with Crippen molar-refractivity contribution < 1.29 is 4.42 Å². The number of furan rings is 1. The van der Waals surface area contributed by atoms with Gasteiger partial charge in [0.25, 0.3) is 0 Å². The summed E-state index contributed by atoms with van der Waals surface area (Å²) in [7, 11) is 0. The highest BCUT2D eigenvalue weighted by atomic mass is 16.3. The summed E-state index contributed by atoms with van der Waals surface area (Å²) in [4.78, 5) is 0. The van der Waals surface area contributed by atoms with Gasteiger partial charge in [0.05, 0.1) is 0 Å². The van der Waals surface area contributed by atoms with Gasteiger partial charge in [0.2, 0.25) is 0 Å². The van der Waals surface area contributed by atoms with E-state index in [9.17, 15) is 0 Å². The lowest BCUT2D eigenvalue weighted by Gasteiger charge is -2.19. The van der Waals surface area contributed by atoms with Crippen molar-refractivity contribution in [2.45, 2.75) is 0 Å². The van der Waals surface area contributed by atoms with Crippen molar-refractivity contribution in [3.8, 4) is 33.4 Å². The number of benzene rings is 9. The molecule has 0 aliphatic heterocycles. The molecule has 10 rings (SSSR count). The third-order valence-corrected chi connectivity index (χ3v) is 9.86. The maximum atomic E-state index is 6.58. The summed E-state index contributed by atoms with van der Waals surface area (Å²) in [5, 5.41) is 12.3. The Morgan fingerprint density at radius 2 is 0.809 bits per heavy atom.